The van der Waals surface area contributed by atoms with Crippen molar-refractivity contribution in [1.29, 1.82) is 0 Å². The molecule has 2 atom stereocenters. The molecule has 0 bridgehead atoms. The van der Waals surface area contributed by atoms with Crippen molar-refractivity contribution in [3.8, 4) is 0 Å². The maximum Gasteiger partial charge on any atom is 0.202 e. The van der Waals surface area contributed by atoms with E-state index in [-0.39, 0.29) is 0 Å². The van der Waals surface area contributed by atoms with Crippen LogP contribution in [0.3, 0.4) is 0 Å². The smallest absolute Gasteiger partial charge is 0.202 e. The molecule has 1 fully saturated rings. The van der Waals surface area contributed by atoms with Crippen LogP contribution in [0.1, 0.15) is 19.3 Å². The van der Waals surface area contributed by atoms with Crippen molar-refractivity contribution in [1.82, 2.24) is 9.55 Å². The number of imidazole rings is 1. The van der Waals surface area contributed by atoms with Crippen LogP contribution in [0, 0.1) is 0 Å². The normalized spacial score (nSPS) is 26.7. The molecule has 1 aliphatic carbocycles. The average molecular weight is 195 g/mol. The van der Waals surface area contributed by atoms with Crippen molar-refractivity contribution >= 4 is 5.95 Å². The lowest BCUT2D eigenvalue weighted by Gasteiger charge is -2.19. The van der Waals surface area contributed by atoms with Crippen LogP contribution in [0.25, 0.3) is 0 Å². The fourth-order valence-electron chi connectivity index (χ4n) is 2.04. The molecular weight excluding hydrogens is 178 g/mol. The Morgan fingerprint density at radius 1 is 1.57 bits per heavy atom. The zero-order valence-corrected chi connectivity index (χ0v) is 8.73. The summed E-state index contributed by atoms with van der Waals surface area (Å²) in [5.74, 6) is 0.930. The van der Waals surface area contributed by atoms with Gasteiger partial charge < -0.3 is 14.6 Å². The zero-order chi connectivity index (χ0) is 9.97. The number of rotatable bonds is 3. The number of nitrogens with zero attached hydrogens (tertiary/aromatic N) is 2. The Labute approximate surface area is 84.3 Å². The average Bonchev–Trinajstić information content (AvgIpc) is 2.77. The van der Waals surface area contributed by atoms with Gasteiger partial charge in [-0.1, -0.05) is 0 Å². The topological polar surface area (TPSA) is 39.1 Å². The Balaban J connectivity index is 2.00. The van der Waals surface area contributed by atoms with Gasteiger partial charge in [-0.25, -0.2) is 4.98 Å². The van der Waals surface area contributed by atoms with Gasteiger partial charge >= 0.3 is 0 Å². The maximum absolute atomic E-state index is 5.41. The third-order valence-electron chi connectivity index (χ3n) is 2.89. The Morgan fingerprint density at radius 3 is 3.07 bits per heavy atom. The monoisotopic (exact) mass is 195 g/mol. The van der Waals surface area contributed by atoms with Crippen molar-refractivity contribution in [3.05, 3.63) is 12.4 Å². The summed E-state index contributed by atoms with van der Waals surface area (Å²) in [7, 11) is 3.77. The number of hydrogen-bond donors (Lipinski definition) is 1. The molecule has 14 heavy (non-hydrogen) atoms. The Bertz CT molecular complexity index is 297. The number of aromatic nitrogens is 2. The van der Waals surface area contributed by atoms with Gasteiger partial charge in [0, 0.05) is 26.6 Å². The molecule has 1 aliphatic rings. The lowest BCUT2D eigenvalue weighted by molar-refractivity contribution is 0.101. The predicted molar refractivity (Wildman–Crippen MR) is 55.3 cm³/mol. The molecule has 0 radical (unpaired) electrons. The largest absolute Gasteiger partial charge is 0.379 e. The highest BCUT2D eigenvalue weighted by Gasteiger charge is 2.27. The van der Waals surface area contributed by atoms with E-state index in [4.69, 9.17) is 4.74 Å². The van der Waals surface area contributed by atoms with Crippen molar-refractivity contribution in [2.45, 2.75) is 31.4 Å². The van der Waals surface area contributed by atoms with E-state index in [2.05, 4.69) is 10.3 Å². The van der Waals surface area contributed by atoms with Crippen LogP contribution >= 0.6 is 0 Å². The van der Waals surface area contributed by atoms with Gasteiger partial charge in [0.1, 0.15) is 0 Å². The van der Waals surface area contributed by atoms with Crippen LogP contribution < -0.4 is 5.32 Å². The Kier molecular flexibility index (Phi) is 2.72. The second-order valence-electron chi connectivity index (χ2n) is 3.82. The first kappa shape index (κ1) is 9.52. The number of ether oxygens (including phenoxy) is 1. The highest BCUT2D eigenvalue weighted by atomic mass is 16.5. The van der Waals surface area contributed by atoms with Gasteiger partial charge in [-0.2, -0.15) is 0 Å². The minimum atomic E-state index is 0.340. The molecule has 0 amide bonds. The third-order valence-corrected chi connectivity index (χ3v) is 2.89. The van der Waals surface area contributed by atoms with Crippen LogP contribution in [0.2, 0.25) is 0 Å². The van der Waals surface area contributed by atoms with Crippen LogP contribution in [-0.4, -0.2) is 28.8 Å². The molecule has 1 heterocycles. The van der Waals surface area contributed by atoms with Gasteiger partial charge in [-0.15, -0.1) is 0 Å². The Hall–Kier alpha value is -1.03. The van der Waals surface area contributed by atoms with Gasteiger partial charge in [-0.3, -0.25) is 0 Å². The summed E-state index contributed by atoms with van der Waals surface area (Å²) in [4.78, 5) is 4.24. The maximum atomic E-state index is 5.41. The molecule has 2 unspecified atom stereocenters. The molecular formula is C10H17N3O. The Morgan fingerprint density at radius 2 is 2.43 bits per heavy atom. The van der Waals surface area contributed by atoms with Crippen molar-refractivity contribution in [3.63, 3.8) is 0 Å². The van der Waals surface area contributed by atoms with Crippen LogP contribution in [0.15, 0.2) is 12.4 Å². The van der Waals surface area contributed by atoms with Crippen molar-refractivity contribution < 1.29 is 4.74 Å². The van der Waals surface area contributed by atoms with Crippen molar-refractivity contribution in [2.24, 2.45) is 7.05 Å². The minimum absolute atomic E-state index is 0.340. The van der Waals surface area contributed by atoms with E-state index >= 15 is 0 Å². The van der Waals surface area contributed by atoms with Crippen LogP contribution in [0.4, 0.5) is 5.95 Å². The molecule has 4 heteroatoms. The van der Waals surface area contributed by atoms with Crippen LogP contribution in [-0.2, 0) is 11.8 Å². The van der Waals surface area contributed by atoms with E-state index in [1.54, 1.807) is 13.3 Å². The molecule has 1 N–H and O–H groups in total. The first-order chi connectivity index (χ1) is 6.81. The highest BCUT2D eigenvalue weighted by molar-refractivity contribution is 5.28. The summed E-state index contributed by atoms with van der Waals surface area (Å²) < 4.78 is 7.40. The van der Waals surface area contributed by atoms with Crippen molar-refractivity contribution in [2.75, 3.05) is 12.4 Å². The van der Waals surface area contributed by atoms with Crippen LogP contribution in [0.5, 0.6) is 0 Å². The van der Waals surface area contributed by atoms with E-state index in [0.717, 1.165) is 12.4 Å². The molecule has 0 aliphatic heterocycles. The second-order valence-corrected chi connectivity index (χ2v) is 3.82. The summed E-state index contributed by atoms with van der Waals surface area (Å²) in [5, 5.41) is 3.42. The third kappa shape index (κ3) is 1.75. The first-order valence-corrected chi connectivity index (χ1v) is 5.08. The SMILES string of the molecule is COC1CCCC1Nc1nccn1C. The van der Waals surface area contributed by atoms with Gasteiger partial charge in [0.25, 0.3) is 0 Å². The number of nitrogens with one attached hydrogen (secondary N) is 1. The molecule has 1 aromatic rings. The lowest BCUT2D eigenvalue weighted by Crippen LogP contribution is -2.30. The molecule has 0 saturated heterocycles. The first-order valence-electron chi connectivity index (χ1n) is 5.08. The summed E-state index contributed by atoms with van der Waals surface area (Å²) in [6.07, 6.45) is 7.65. The summed E-state index contributed by atoms with van der Waals surface area (Å²) in [6.45, 7) is 0. The van der Waals surface area contributed by atoms with E-state index in [1.807, 2.05) is 17.8 Å². The predicted octanol–water partition coefficient (Wildman–Crippen LogP) is 1.40. The molecule has 0 aromatic carbocycles. The van der Waals surface area contributed by atoms with E-state index in [9.17, 15) is 0 Å². The number of methoxy groups -OCH3 is 1. The minimum Gasteiger partial charge on any atom is -0.379 e. The molecule has 2 rings (SSSR count). The van der Waals surface area contributed by atoms with Gasteiger partial charge in [0.05, 0.1) is 12.1 Å². The highest BCUT2D eigenvalue weighted by Crippen LogP contribution is 2.24. The fraction of sp³-hybridized carbons (Fsp3) is 0.700. The number of anilines is 1. The molecule has 78 valence electrons. The van der Waals surface area contributed by atoms with Gasteiger partial charge in [0.2, 0.25) is 5.95 Å². The zero-order valence-electron chi connectivity index (χ0n) is 8.73. The summed E-state index contributed by atoms with van der Waals surface area (Å²) in [5.41, 5.74) is 0. The van der Waals surface area contributed by atoms with Gasteiger partial charge in [-0.05, 0) is 19.3 Å². The molecule has 4 nitrogen and oxygen atoms in total. The molecule has 0 spiro atoms. The second kappa shape index (κ2) is 4.00. The van der Waals surface area contributed by atoms with E-state index < -0.39 is 0 Å². The van der Waals surface area contributed by atoms with Gasteiger partial charge in [0.15, 0.2) is 0 Å². The number of aryl methyl sites for hydroxylation is 1. The fourth-order valence-corrected chi connectivity index (χ4v) is 2.04. The molecule has 1 aromatic heterocycles. The summed E-state index contributed by atoms with van der Waals surface area (Å²) in [6, 6.07) is 0.418. The molecule has 1 saturated carbocycles. The van der Waals surface area contributed by atoms with E-state index in [0.29, 0.717) is 12.1 Å². The van der Waals surface area contributed by atoms with E-state index in [1.165, 1.54) is 12.8 Å². The number of hydrogen-bond acceptors (Lipinski definition) is 3. The quantitative estimate of drug-likeness (QED) is 0.792. The standard InChI is InChI=1S/C10H17N3O/c1-13-7-6-11-10(13)12-8-4-3-5-9(8)14-2/h6-9H,3-5H2,1-2H3,(H,11,12). The lowest BCUT2D eigenvalue weighted by atomic mass is 10.2. The summed E-state index contributed by atoms with van der Waals surface area (Å²) >= 11 is 0.